The zero-order valence-corrected chi connectivity index (χ0v) is 16.2. The van der Waals surface area contributed by atoms with Crippen molar-refractivity contribution in [2.45, 2.75) is 25.3 Å². The van der Waals surface area contributed by atoms with Crippen LogP contribution in [-0.2, 0) is 20.8 Å². The predicted octanol–water partition coefficient (Wildman–Crippen LogP) is 1.09. The molecular weight excluding hydrogens is 396 g/mol. The quantitative estimate of drug-likeness (QED) is 0.480. The van der Waals surface area contributed by atoms with Crippen LogP contribution in [0.2, 0.25) is 5.02 Å². The van der Waals surface area contributed by atoms with Crippen molar-refractivity contribution in [3.63, 3.8) is 0 Å². The van der Waals surface area contributed by atoms with Gasteiger partial charge in [0, 0.05) is 17.0 Å². The van der Waals surface area contributed by atoms with Gasteiger partial charge in [-0.15, -0.1) is 0 Å². The lowest BCUT2D eigenvalue weighted by Crippen LogP contribution is -2.52. The van der Waals surface area contributed by atoms with Crippen molar-refractivity contribution < 1.29 is 19.2 Å². The summed E-state index contributed by atoms with van der Waals surface area (Å²) in [6, 6.07) is 14.0. The second-order valence-corrected chi connectivity index (χ2v) is 6.67. The smallest absolute Gasteiger partial charge is 0.260 e. The van der Waals surface area contributed by atoms with Crippen molar-refractivity contribution in [1.29, 1.82) is 0 Å². The van der Waals surface area contributed by atoms with Crippen LogP contribution in [0.1, 0.15) is 28.8 Å². The third kappa shape index (κ3) is 7.63. The molecule has 0 aliphatic heterocycles. The van der Waals surface area contributed by atoms with Gasteiger partial charge in [0.05, 0.1) is 6.42 Å². The number of hydrogen-bond donors (Lipinski definition) is 4. The maximum absolute atomic E-state index is 12.4. The first-order valence-corrected chi connectivity index (χ1v) is 9.20. The van der Waals surface area contributed by atoms with Crippen LogP contribution in [0.25, 0.3) is 0 Å². The van der Waals surface area contributed by atoms with E-state index >= 15 is 0 Å². The summed E-state index contributed by atoms with van der Waals surface area (Å²) in [5.74, 6) is -2.24. The van der Waals surface area contributed by atoms with Gasteiger partial charge in [0.25, 0.3) is 11.8 Å². The molecule has 0 bridgehead atoms. The van der Waals surface area contributed by atoms with Crippen LogP contribution in [0.5, 0.6) is 0 Å². The molecule has 0 radical (unpaired) electrons. The number of carbonyl (C=O) groups is 4. The van der Waals surface area contributed by atoms with E-state index in [0.717, 1.165) is 5.56 Å². The fourth-order valence-corrected chi connectivity index (χ4v) is 2.57. The SMILES string of the molecule is NC(=O)CC[C@H](NC(=O)c1ccc(Cl)cc1)C(=O)NNC(=O)Cc1ccccc1. The van der Waals surface area contributed by atoms with Gasteiger partial charge in [0.15, 0.2) is 0 Å². The van der Waals surface area contributed by atoms with Crippen LogP contribution in [0.15, 0.2) is 54.6 Å². The summed E-state index contributed by atoms with van der Waals surface area (Å²) in [6.07, 6.45) is -0.0593. The second kappa shape index (κ2) is 10.8. The normalized spacial score (nSPS) is 11.2. The number of amides is 4. The highest BCUT2D eigenvalue weighted by Crippen LogP contribution is 2.10. The standard InChI is InChI=1S/C20H21ClN4O4/c21-15-8-6-14(7-9-15)19(28)23-16(10-11-17(22)26)20(29)25-24-18(27)12-13-4-2-1-3-5-13/h1-9,16H,10-12H2,(H2,22,26)(H,23,28)(H,24,27)(H,25,29)/t16-/m0/s1. The Balaban J connectivity index is 1.95. The summed E-state index contributed by atoms with van der Waals surface area (Å²) < 4.78 is 0. The first-order chi connectivity index (χ1) is 13.8. The summed E-state index contributed by atoms with van der Waals surface area (Å²) in [7, 11) is 0. The Hall–Kier alpha value is -3.39. The molecule has 4 amide bonds. The van der Waals surface area contributed by atoms with Crippen LogP contribution in [-0.4, -0.2) is 29.7 Å². The van der Waals surface area contributed by atoms with E-state index < -0.39 is 29.7 Å². The highest BCUT2D eigenvalue weighted by molar-refractivity contribution is 6.30. The molecule has 0 aliphatic carbocycles. The fourth-order valence-electron chi connectivity index (χ4n) is 2.44. The molecular formula is C20H21ClN4O4. The number of benzene rings is 2. The zero-order valence-electron chi connectivity index (χ0n) is 15.5. The molecule has 2 aromatic rings. The maximum Gasteiger partial charge on any atom is 0.260 e. The van der Waals surface area contributed by atoms with Gasteiger partial charge in [-0.05, 0) is 36.2 Å². The molecule has 0 aliphatic rings. The van der Waals surface area contributed by atoms with Gasteiger partial charge < -0.3 is 11.1 Å². The Morgan fingerprint density at radius 2 is 1.59 bits per heavy atom. The average Bonchev–Trinajstić information content (AvgIpc) is 2.70. The Kier molecular flexibility index (Phi) is 8.17. The number of carbonyl (C=O) groups excluding carboxylic acids is 4. The molecule has 152 valence electrons. The third-order valence-electron chi connectivity index (χ3n) is 3.94. The summed E-state index contributed by atoms with van der Waals surface area (Å²) in [4.78, 5) is 47.8. The number of halogens is 1. The van der Waals surface area contributed by atoms with E-state index in [0.29, 0.717) is 10.6 Å². The van der Waals surface area contributed by atoms with E-state index in [1.54, 1.807) is 36.4 Å². The Morgan fingerprint density at radius 3 is 2.21 bits per heavy atom. The van der Waals surface area contributed by atoms with Crippen LogP contribution in [0.3, 0.4) is 0 Å². The minimum Gasteiger partial charge on any atom is -0.370 e. The van der Waals surface area contributed by atoms with E-state index in [1.165, 1.54) is 12.1 Å². The molecule has 2 rings (SSSR count). The van der Waals surface area contributed by atoms with Gasteiger partial charge in [0.2, 0.25) is 11.8 Å². The van der Waals surface area contributed by atoms with Crippen molar-refractivity contribution in [3.8, 4) is 0 Å². The van der Waals surface area contributed by atoms with Gasteiger partial charge in [-0.3, -0.25) is 30.0 Å². The largest absolute Gasteiger partial charge is 0.370 e. The monoisotopic (exact) mass is 416 g/mol. The summed E-state index contributed by atoms with van der Waals surface area (Å²) in [5, 5.41) is 2.99. The molecule has 0 heterocycles. The van der Waals surface area contributed by atoms with Crippen molar-refractivity contribution in [2.75, 3.05) is 0 Å². The van der Waals surface area contributed by atoms with Crippen molar-refractivity contribution in [3.05, 3.63) is 70.7 Å². The molecule has 8 nitrogen and oxygen atoms in total. The number of primary amides is 1. The number of rotatable bonds is 8. The molecule has 2 aromatic carbocycles. The van der Waals surface area contributed by atoms with E-state index in [4.69, 9.17) is 17.3 Å². The second-order valence-electron chi connectivity index (χ2n) is 6.24. The molecule has 0 saturated heterocycles. The van der Waals surface area contributed by atoms with Crippen molar-refractivity contribution >= 4 is 35.2 Å². The van der Waals surface area contributed by atoms with Gasteiger partial charge in [0.1, 0.15) is 6.04 Å². The van der Waals surface area contributed by atoms with Gasteiger partial charge >= 0.3 is 0 Å². The number of nitrogens with one attached hydrogen (secondary N) is 3. The zero-order chi connectivity index (χ0) is 21.2. The Labute approximate surface area is 172 Å². The van der Waals surface area contributed by atoms with Crippen LogP contribution < -0.4 is 21.9 Å². The van der Waals surface area contributed by atoms with Crippen LogP contribution in [0, 0.1) is 0 Å². The molecule has 9 heteroatoms. The fraction of sp³-hybridized carbons (Fsp3) is 0.200. The Bertz CT molecular complexity index is 872. The van der Waals surface area contributed by atoms with Crippen LogP contribution >= 0.6 is 11.6 Å². The first kappa shape index (κ1) is 21.9. The topological polar surface area (TPSA) is 130 Å². The summed E-state index contributed by atoms with van der Waals surface area (Å²) >= 11 is 5.80. The number of nitrogens with two attached hydrogens (primary N) is 1. The minimum atomic E-state index is -1.07. The number of hydrogen-bond acceptors (Lipinski definition) is 4. The molecule has 0 spiro atoms. The molecule has 5 N–H and O–H groups in total. The van der Waals surface area contributed by atoms with Crippen LogP contribution in [0.4, 0.5) is 0 Å². The van der Waals surface area contributed by atoms with Gasteiger partial charge in [-0.2, -0.15) is 0 Å². The highest BCUT2D eigenvalue weighted by Gasteiger charge is 2.22. The Morgan fingerprint density at radius 1 is 0.931 bits per heavy atom. The molecule has 29 heavy (non-hydrogen) atoms. The predicted molar refractivity (Wildman–Crippen MR) is 108 cm³/mol. The van der Waals surface area contributed by atoms with Crippen molar-refractivity contribution in [2.24, 2.45) is 5.73 Å². The lowest BCUT2D eigenvalue weighted by Gasteiger charge is -2.18. The maximum atomic E-state index is 12.4. The molecule has 0 aromatic heterocycles. The lowest BCUT2D eigenvalue weighted by atomic mass is 10.1. The van der Waals surface area contributed by atoms with Crippen molar-refractivity contribution in [1.82, 2.24) is 16.2 Å². The average molecular weight is 417 g/mol. The minimum absolute atomic E-state index is 0.0188. The third-order valence-corrected chi connectivity index (χ3v) is 4.19. The van der Waals surface area contributed by atoms with E-state index in [2.05, 4.69) is 16.2 Å². The first-order valence-electron chi connectivity index (χ1n) is 8.82. The van der Waals surface area contributed by atoms with E-state index in [9.17, 15) is 19.2 Å². The van der Waals surface area contributed by atoms with Gasteiger partial charge in [-0.1, -0.05) is 41.9 Å². The summed E-state index contributed by atoms with van der Waals surface area (Å²) in [5.41, 5.74) is 10.8. The lowest BCUT2D eigenvalue weighted by molar-refractivity contribution is -0.130. The van der Waals surface area contributed by atoms with Gasteiger partial charge in [-0.25, -0.2) is 0 Å². The molecule has 0 fully saturated rings. The molecule has 0 unspecified atom stereocenters. The highest BCUT2D eigenvalue weighted by atomic mass is 35.5. The molecule has 1 atom stereocenters. The molecule has 0 saturated carbocycles. The number of hydrazine groups is 1. The van der Waals surface area contributed by atoms with E-state index in [-0.39, 0.29) is 19.3 Å². The van der Waals surface area contributed by atoms with E-state index in [1.807, 2.05) is 6.07 Å². The summed E-state index contributed by atoms with van der Waals surface area (Å²) in [6.45, 7) is 0.